The lowest BCUT2D eigenvalue weighted by molar-refractivity contribution is 0.628. The first kappa shape index (κ1) is 14.8. The number of imidazole rings is 1. The standard InChI is InChI=1S/C15H14ClFN2S2/c1-7-4-10(9(3)21-7)8(2)19-14-5-11(16)12(17)6-13(14)18-15(19)20/h4-6,8H,1-3H3,(H,18,20). The Balaban J connectivity index is 2.24. The van der Waals surface area contributed by atoms with E-state index in [1.54, 1.807) is 17.4 Å². The lowest BCUT2D eigenvalue weighted by Gasteiger charge is -2.15. The Hall–Kier alpha value is -1.17. The summed E-state index contributed by atoms with van der Waals surface area (Å²) < 4.78 is 16.1. The van der Waals surface area contributed by atoms with Gasteiger partial charge in [0, 0.05) is 15.8 Å². The average molecular weight is 341 g/mol. The molecule has 1 aromatic carbocycles. The monoisotopic (exact) mass is 340 g/mol. The van der Waals surface area contributed by atoms with Crippen LogP contribution in [0.1, 0.15) is 28.3 Å². The number of fused-ring (bicyclic) bond motifs is 1. The zero-order chi connectivity index (χ0) is 15.3. The van der Waals surface area contributed by atoms with Crippen molar-refractivity contribution < 1.29 is 4.39 Å². The second-order valence-electron chi connectivity index (χ2n) is 5.13. The molecule has 0 aliphatic heterocycles. The van der Waals surface area contributed by atoms with Crippen LogP contribution in [0.4, 0.5) is 4.39 Å². The van der Waals surface area contributed by atoms with Crippen molar-refractivity contribution in [1.29, 1.82) is 0 Å². The molecule has 0 saturated carbocycles. The van der Waals surface area contributed by atoms with E-state index in [2.05, 4.69) is 31.8 Å². The average Bonchev–Trinajstić information content (AvgIpc) is 2.89. The van der Waals surface area contributed by atoms with Crippen LogP contribution >= 0.6 is 35.2 Å². The molecule has 3 rings (SSSR count). The molecule has 2 aromatic heterocycles. The highest BCUT2D eigenvalue weighted by Crippen LogP contribution is 2.32. The van der Waals surface area contributed by atoms with Gasteiger partial charge in [-0.3, -0.25) is 0 Å². The summed E-state index contributed by atoms with van der Waals surface area (Å²) in [5.41, 5.74) is 2.72. The predicted molar refractivity (Wildman–Crippen MR) is 89.7 cm³/mol. The van der Waals surface area contributed by atoms with Gasteiger partial charge in [0.2, 0.25) is 0 Å². The molecule has 2 nitrogen and oxygen atoms in total. The van der Waals surface area contributed by atoms with Crippen LogP contribution in [0.25, 0.3) is 11.0 Å². The molecule has 0 aliphatic carbocycles. The number of aromatic amines is 1. The molecule has 3 aromatic rings. The van der Waals surface area contributed by atoms with E-state index in [0.717, 1.165) is 5.52 Å². The molecule has 2 heterocycles. The van der Waals surface area contributed by atoms with E-state index in [1.165, 1.54) is 21.4 Å². The summed E-state index contributed by atoms with van der Waals surface area (Å²) in [6, 6.07) is 5.26. The summed E-state index contributed by atoms with van der Waals surface area (Å²) >= 11 is 13.1. The number of aromatic nitrogens is 2. The summed E-state index contributed by atoms with van der Waals surface area (Å²) in [5.74, 6) is -0.442. The van der Waals surface area contributed by atoms with E-state index in [-0.39, 0.29) is 11.1 Å². The molecule has 1 N–H and O–H groups in total. The lowest BCUT2D eigenvalue weighted by atomic mass is 10.1. The van der Waals surface area contributed by atoms with E-state index in [4.69, 9.17) is 23.8 Å². The minimum absolute atomic E-state index is 0.0673. The SMILES string of the molecule is Cc1cc(C(C)n2c(=S)[nH]c3cc(F)c(Cl)cc32)c(C)s1. The maximum atomic E-state index is 13.6. The second-order valence-corrected chi connectivity index (χ2v) is 7.38. The summed E-state index contributed by atoms with van der Waals surface area (Å²) in [6.07, 6.45) is 0. The highest BCUT2D eigenvalue weighted by molar-refractivity contribution is 7.71. The highest BCUT2D eigenvalue weighted by Gasteiger charge is 2.18. The Morgan fingerprint density at radius 3 is 2.67 bits per heavy atom. The minimum Gasteiger partial charge on any atom is -0.330 e. The number of nitrogens with one attached hydrogen (secondary N) is 1. The van der Waals surface area contributed by atoms with Crippen molar-refractivity contribution in [2.45, 2.75) is 26.8 Å². The number of hydrogen-bond acceptors (Lipinski definition) is 2. The molecule has 110 valence electrons. The lowest BCUT2D eigenvalue weighted by Crippen LogP contribution is -2.07. The van der Waals surface area contributed by atoms with Gasteiger partial charge in [0.1, 0.15) is 5.82 Å². The Morgan fingerprint density at radius 2 is 2.05 bits per heavy atom. The van der Waals surface area contributed by atoms with Gasteiger partial charge in [-0.05, 0) is 50.7 Å². The number of nitrogens with zero attached hydrogens (tertiary/aromatic N) is 1. The molecule has 0 aliphatic rings. The minimum atomic E-state index is -0.442. The number of hydrogen-bond donors (Lipinski definition) is 1. The molecule has 1 atom stereocenters. The van der Waals surface area contributed by atoms with Gasteiger partial charge in [0.05, 0.1) is 22.1 Å². The Kier molecular flexibility index (Phi) is 3.67. The third-order valence-electron chi connectivity index (χ3n) is 3.68. The van der Waals surface area contributed by atoms with Gasteiger partial charge in [-0.15, -0.1) is 11.3 Å². The third kappa shape index (κ3) is 2.43. The number of rotatable bonds is 2. The fourth-order valence-corrected chi connectivity index (χ4v) is 4.25. The van der Waals surface area contributed by atoms with Crippen LogP contribution in [0, 0.1) is 24.4 Å². The van der Waals surface area contributed by atoms with Gasteiger partial charge in [-0.1, -0.05) is 11.6 Å². The Morgan fingerprint density at radius 1 is 1.33 bits per heavy atom. The molecule has 0 spiro atoms. The molecule has 0 bridgehead atoms. The van der Waals surface area contributed by atoms with Crippen LogP contribution < -0.4 is 0 Å². The van der Waals surface area contributed by atoms with Gasteiger partial charge >= 0.3 is 0 Å². The van der Waals surface area contributed by atoms with Crippen molar-refractivity contribution in [3.63, 3.8) is 0 Å². The smallest absolute Gasteiger partial charge is 0.178 e. The number of thiophene rings is 1. The number of H-pyrrole nitrogens is 1. The molecule has 0 radical (unpaired) electrons. The van der Waals surface area contributed by atoms with Crippen LogP contribution in [0.3, 0.4) is 0 Å². The topological polar surface area (TPSA) is 20.7 Å². The van der Waals surface area contributed by atoms with E-state index >= 15 is 0 Å². The fourth-order valence-electron chi connectivity index (χ4n) is 2.71. The molecular weight excluding hydrogens is 327 g/mol. The Bertz CT molecular complexity index is 891. The number of aryl methyl sites for hydroxylation is 2. The molecule has 0 amide bonds. The number of benzene rings is 1. The molecule has 21 heavy (non-hydrogen) atoms. The zero-order valence-corrected chi connectivity index (χ0v) is 14.2. The largest absolute Gasteiger partial charge is 0.330 e. The van der Waals surface area contributed by atoms with E-state index in [9.17, 15) is 4.39 Å². The van der Waals surface area contributed by atoms with Crippen molar-refractivity contribution in [3.8, 4) is 0 Å². The van der Waals surface area contributed by atoms with E-state index in [1.807, 2.05) is 4.57 Å². The number of halogens is 2. The zero-order valence-electron chi connectivity index (χ0n) is 11.8. The van der Waals surface area contributed by atoms with Gasteiger partial charge in [0.25, 0.3) is 0 Å². The summed E-state index contributed by atoms with van der Waals surface area (Å²) in [4.78, 5) is 5.59. The first-order valence-corrected chi connectivity index (χ1v) is 8.15. The van der Waals surface area contributed by atoms with E-state index in [0.29, 0.717) is 10.3 Å². The van der Waals surface area contributed by atoms with Crippen LogP contribution in [0.5, 0.6) is 0 Å². The Labute approximate surface area is 136 Å². The maximum absolute atomic E-state index is 13.6. The van der Waals surface area contributed by atoms with Gasteiger partial charge in [-0.25, -0.2) is 4.39 Å². The summed E-state index contributed by atoms with van der Waals surface area (Å²) in [6.45, 7) is 6.29. The summed E-state index contributed by atoms with van der Waals surface area (Å²) in [7, 11) is 0. The van der Waals surface area contributed by atoms with Crippen molar-refractivity contribution in [2.24, 2.45) is 0 Å². The first-order valence-electron chi connectivity index (χ1n) is 6.54. The van der Waals surface area contributed by atoms with Gasteiger partial charge in [0.15, 0.2) is 4.77 Å². The molecule has 1 unspecified atom stereocenters. The van der Waals surface area contributed by atoms with Crippen molar-refractivity contribution in [2.75, 3.05) is 0 Å². The van der Waals surface area contributed by atoms with Crippen molar-refractivity contribution in [3.05, 3.63) is 49.1 Å². The normalized spacial score (nSPS) is 13.0. The van der Waals surface area contributed by atoms with Crippen LogP contribution in [0.15, 0.2) is 18.2 Å². The van der Waals surface area contributed by atoms with Gasteiger partial charge in [-0.2, -0.15) is 0 Å². The van der Waals surface area contributed by atoms with Gasteiger partial charge < -0.3 is 9.55 Å². The molecule has 0 fully saturated rings. The van der Waals surface area contributed by atoms with E-state index < -0.39 is 5.82 Å². The second kappa shape index (κ2) is 5.23. The van der Waals surface area contributed by atoms with Crippen molar-refractivity contribution >= 4 is 46.2 Å². The molecule has 6 heteroatoms. The summed E-state index contributed by atoms with van der Waals surface area (Å²) in [5, 5.41) is 0.107. The molecule has 0 saturated heterocycles. The van der Waals surface area contributed by atoms with Crippen LogP contribution in [-0.2, 0) is 0 Å². The van der Waals surface area contributed by atoms with Crippen LogP contribution in [0.2, 0.25) is 5.02 Å². The predicted octanol–water partition coefficient (Wildman–Crippen LogP) is 5.78. The third-order valence-corrected chi connectivity index (χ3v) is 5.25. The molecular formula is C15H14ClFN2S2. The highest BCUT2D eigenvalue weighted by atomic mass is 35.5. The first-order chi connectivity index (χ1) is 9.88. The maximum Gasteiger partial charge on any atom is 0.178 e. The fraction of sp³-hybridized carbons (Fsp3) is 0.267. The quantitative estimate of drug-likeness (QED) is 0.586. The van der Waals surface area contributed by atoms with Crippen LogP contribution in [-0.4, -0.2) is 9.55 Å². The van der Waals surface area contributed by atoms with Crippen molar-refractivity contribution in [1.82, 2.24) is 9.55 Å².